The number of hydrogen-bond donors (Lipinski definition) is 1. The van der Waals surface area contributed by atoms with Gasteiger partial charge >= 0.3 is 0 Å². The summed E-state index contributed by atoms with van der Waals surface area (Å²) in [6.45, 7) is 8.22. The summed E-state index contributed by atoms with van der Waals surface area (Å²) in [7, 11) is 2.05. The third-order valence-electron chi connectivity index (χ3n) is 4.38. The van der Waals surface area contributed by atoms with Crippen LogP contribution < -0.4 is 5.32 Å². The van der Waals surface area contributed by atoms with Crippen molar-refractivity contribution in [3.63, 3.8) is 0 Å². The number of ether oxygens (including phenoxy) is 1. The van der Waals surface area contributed by atoms with Gasteiger partial charge in [-0.1, -0.05) is 13.8 Å². The first-order chi connectivity index (χ1) is 10.1. The van der Waals surface area contributed by atoms with Crippen molar-refractivity contribution < 1.29 is 4.74 Å². The molecule has 0 spiro atoms. The fourth-order valence-electron chi connectivity index (χ4n) is 3.15. The normalized spacial score (nSPS) is 22.7. The van der Waals surface area contributed by atoms with Gasteiger partial charge in [-0.3, -0.25) is 4.68 Å². The number of aryl methyl sites for hydroxylation is 2. The van der Waals surface area contributed by atoms with Gasteiger partial charge in [-0.2, -0.15) is 5.10 Å². The van der Waals surface area contributed by atoms with E-state index in [4.69, 9.17) is 4.74 Å². The van der Waals surface area contributed by atoms with E-state index in [0.29, 0.717) is 0 Å². The van der Waals surface area contributed by atoms with Gasteiger partial charge in [0.15, 0.2) is 0 Å². The van der Waals surface area contributed by atoms with Gasteiger partial charge in [-0.05, 0) is 54.6 Å². The number of nitrogens with one attached hydrogen (secondary N) is 1. The molecule has 2 rings (SSSR count). The molecule has 1 aromatic heterocycles. The minimum absolute atomic E-state index is 0.203. The van der Waals surface area contributed by atoms with Crippen molar-refractivity contribution in [3.05, 3.63) is 15.9 Å². The van der Waals surface area contributed by atoms with Gasteiger partial charge in [0.25, 0.3) is 0 Å². The fourth-order valence-corrected chi connectivity index (χ4v) is 3.91. The highest BCUT2D eigenvalue weighted by molar-refractivity contribution is 9.10. The highest BCUT2D eigenvalue weighted by Crippen LogP contribution is 2.35. The van der Waals surface area contributed by atoms with Gasteiger partial charge < -0.3 is 10.1 Å². The molecule has 1 aromatic rings. The highest BCUT2D eigenvalue weighted by Gasteiger charge is 2.34. The highest BCUT2D eigenvalue weighted by atomic mass is 79.9. The zero-order valence-electron chi connectivity index (χ0n) is 13.5. The second kappa shape index (κ2) is 7.75. The van der Waals surface area contributed by atoms with Gasteiger partial charge in [0.2, 0.25) is 0 Å². The van der Waals surface area contributed by atoms with Gasteiger partial charge in [-0.15, -0.1) is 0 Å². The van der Waals surface area contributed by atoms with E-state index in [1.54, 1.807) is 0 Å². The number of nitrogens with zero attached hydrogens (tertiary/aromatic N) is 2. The van der Waals surface area contributed by atoms with Crippen LogP contribution in [0.1, 0.15) is 44.5 Å². The summed E-state index contributed by atoms with van der Waals surface area (Å²) >= 11 is 3.75. The maximum Gasteiger partial charge on any atom is 0.0766 e. The Morgan fingerprint density at radius 1 is 1.43 bits per heavy atom. The molecule has 0 aromatic carbocycles. The van der Waals surface area contributed by atoms with E-state index >= 15 is 0 Å². The zero-order chi connectivity index (χ0) is 15.3. The molecule has 120 valence electrons. The molecule has 4 nitrogen and oxygen atoms in total. The lowest BCUT2D eigenvalue weighted by Gasteiger charge is -2.37. The van der Waals surface area contributed by atoms with Crippen LogP contribution in [0.25, 0.3) is 0 Å². The summed E-state index contributed by atoms with van der Waals surface area (Å²) in [5, 5.41) is 8.23. The molecule has 0 radical (unpaired) electrons. The van der Waals surface area contributed by atoms with E-state index in [2.05, 4.69) is 47.2 Å². The average molecular weight is 358 g/mol. The van der Waals surface area contributed by atoms with Crippen molar-refractivity contribution in [2.24, 2.45) is 12.5 Å². The lowest BCUT2D eigenvalue weighted by atomic mass is 9.78. The summed E-state index contributed by atoms with van der Waals surface area (Å²) in [4.78, 5) is 0. The summed E-state index contributed by atoms with van der Waals surface area (Å²) in [5.74, 6) is 0. The molecular formula is C16H28BrN3O. The van der Waals surface area contributed by atoms with E-state index < -0.39 is 0 Å². The number of hydrogen-bond acceptors (Lipinski definition) is 3. The monoisotopic (exact) mass is 357 g/mol. The third-order valence-corrected chi connectivity index (χ3v) is 5.29. The Morgan fingerprint density at radius 3 is 2.81 bits per heavy atom. The van der Waals surface area contributed by atoms with Crippen LogP contribution in [-0.4, -0.2) is 36.1 Å². The lowest BCUT2D eigenvalue weighted by molar-refractivity contribution is -0.00804. The van der Waals surface area contributed by atoms with Gasteiger partial charge in [-0.25, -0.2) is 0 Å². The second-order valence-electron chi connectivity index (χ2n) is 6.19. The molecule has 1 saturated heterocycles. The largest absolute Gasteiger partial charge is 0.381 e. The minimum Gasteiger partial charge on any atom is -0.381 e. The topological polar surface area (TPSA) is 39.1 Å². The molecule has 1 fully saturated rings. The molecule has 21 heavy (non-hydrogen) atoms. The third kappa shape index (κ3) is 4.08. The smallest absolute Gasteiger partial charge is 0.0766 e. The van der Waals surface area contributed by atoms with Gasteiger partial charge in [0.1, 0.15) is 0 Å². The van der Waals surface area contributed by atoms with Crippen LogP contribution in [-0.2, 0) is 24.6 Å². The predicted octanol–water partition coefficient (Wildman–Crippen LogP) is 3.08. The van der Waals surface area contributed by atoms with Crippen molar-refractivity contribution in [2.75, 3.05) is 26.3 Å². The molecule has 0 saturated carbocycles. The second-order valence-corrected chi connectivity index (χ2v) is 6.99. The molecule has 1 atom stereocenters. The van der Waals surface area contributed by atoms with Crippen molar-refractivity contribution >= 4 is 15.9 Å². The summed E-state index contributed by atoms with van der Waals surface area (Å²) in [5.41, 5.74) is 2.66. The van der Waals surface area contributed by atoms with Crippen LogP contribution >= 0.6 is 15.9 Å². The minimum atomic E-state index is 0.203. The van der Waals surface area contributed by atoms with Crippen molar-refractivity contribution in [3.8, 4) is 0 Å². The molecule has 2 heterocycles. The Morgan fingerprint density at radius 2 is 2.24 bits per heavy atom. The molecule has 0 bridgehead atoms. The van der Waals surface area contributed by atoms with Crippen molar-refractivity contribution in [2.45, 2.75) is 46.0 Å². The SMILES string of the molecule is CCCNCC1(Cc2c(Br)c(CC)nn2C)CCCOC1. The van der Waals surface area contributed by atoms with E-state index in [1.165, 1.54) is 23.0 Å². The zero-order valence-corrected chi connectivity index (χ0v) is 15.1. The first kappa shape index (κ1) is 17.0. The first-order valence-corrected chi connectivity index (χ1v) is 8.90. The Balaban J connectivity index is 2.16. The number of rotatable bonds is 7. The molecule has 0 aliphatic carbocycles. The average Bonchev–Trinajstić information content (AvgIpc) is 2.76. The van der Waals surface area contributed by atoms with E-state index in [0.717, 1.165) is 51.3 Å². The van der Waals surface area contributed by atoms with Crippen LogP contribution in [0.4, 0.5) is 0 Å². The van der Waals surface area contributed by atoms with Crippen LogP contribution in [0, 0.1) is 5.41 Å². The summed E-state index contributed by atoms with van der Waals surface area (Å²) in [6.07, 6.45) is 5.54. The van der Waals surface area contributed by atoms with E-state index in [-0.39, 0.29) is 5.41 Å². The quantitative estimate of drug-likeness (QED) is 0.762. The van der Waals surface area contributed by atoms with Crippen LogP contribution in [0.15, 0.2) is 4.47 Å². The van der Waals surface area contributed by atoms with Gasteiger partial charge in [0, 0.05) is 25.6 Å². The Kier molecular flexibility index (Phi) is 6.26. The van der Waals surface area contributed by atoms with Crippen LogP contribution in [0.2, 0.25) is 0 Å². The molecule has 1 N–H and O–H groups in total. The molecule has 5 heteroatoms. The van der Waals surface area contributed by atoms with Crippen molar-refractivity contribution in [1.82, 2.24) is 15.1 Å². The standard InChI is InChI=1S/C16H28BrN3O/c1-4-8-18-11-16(7-6-9-21-12-16)10-14-15(17)13(5-2)19-20(14)3/h18H,4-12H2,1-3H3. The fraction of sp³-hybridized carbons (Fsp3) is 0.812. The number of halogens is 1. The molecular weight excluding hydrogens is 330 g/mol. The Labute approximate surface area is 136 Å². The van der Waals surface area contributed by atoms with Gasteiger partial charge in [0.05, 0.1) is 22.5 Å². The molecule has 1 aliphatic rings. The molecule has 1 aliphatic heterocycles. The van der Waals surface area contributed by atoms with Crippen molar-refractivity contribution in [1.29, 1.82) is 0 Å². The molecule has 0 amide bonds. The van der Waals surface area contributed by atoms with E-state index in [1.807, 2.05) is 4.68 Å². The maximum atomic E-state index is 5.82. The number of aromatic nitrogens is 2. The lowest BCUT2D eigenvalue weighted by Crippen LogP contribution is -2.43. The predicted molar refractivity (Wildman–Crippen MR) is 89.6 cm³/mol. The van der Waals surface area contributed by atoms with Crippen LogP contribution in [0.5, 0.6) is 0 Å². The summed E-state index contributed by atoms with van der Waals surface area (Å²) in [6, 6.07) is 0. The maximum absolute atomic E-state index is 5.82. The Bertz CT molecular complexity index is 453. The first-order valence-electron chi connectivity index (χ1n) is 8.10. The summed E-state index contributed by atoms with van der Waals surface area (Å²) < 4.78 is 9.04. The Hall–Kier alpha value is -0.390. The van der Waals surface area contributed by atoms with Crippen LogP contribution in [0.3, 0.4) is 0 Å². The molecule has 1 unspecified atom stereocenters. The van der Waals surface area contributed by atoms with E-state index in [9.17, 15) is 0 Å².